The molecule has 0 aliphatic carbocycles. The molecule has 0 fully saturated rings. The Bertz CT molecular complexity index is 1460. The van der Waals surface area contributed by atoms with Crippen molar-refractivity contribution in [2.75, 3.05) is 5.32 Å². The van der Waals surface area contributed by atoms with Crippen molar-refractivity contribution < 1.29 is 22.7 Å². The summed E-state index contributed by atoms with van der Waals surface area (Å²) in [6.07, 6.45) is -2.99. The number of alkyl halides is 3. The fourth-order valence-electron chi connectivity index (χ4n) is 3.43. The molecule has 0 saturated carbocycles. The highest BCUT2D eigenvalue weighted by molar-refractivity contribution is 9.10. The lowest BCUT2D eigenvalue weighted by atomic mass is 10.1. The summed E-state index contributed by atoms with van der Waals surface area (Å²) < 4.78 is 45.6. The molecule has 4 aromatic rings. The highest BCUT2D eigenvalue weighted by Crippen LogP contribution is 2.32. The number of aryl methyl sites for hydroxylation is 1. The minimum absolute atomic E-state index is 0.0483. The maximum atomic E-state index is 12.9. The van der Waals surface area contributed by atoms with Gasteiger partial charge in [-0.05, 0) is 48.9 Å². The third kappa shape index (κ3) is 7.90. The smallest absolute Gasteiger partial charge is 0.416 e. The van der Waals surface area contributed by atoms with E-state index in [2.05, 4.69) is 36.8 Å². The number of hydrogen-bond acceptors (Lipinski definition) is 6. The number of nitrogens with one attached hydrogen (secondary N) is 2. The summed E-state index contributed by atoms with van der Waals surface area (Å²) >= 11 is 4.62. The van der Waals surface area contributed by atoms with Gasteiger partial charge in [-0.1, -0.05) is 51.8 Å². The maximum Gasteiger partial charge on any atom is 0.416 e. The summed E-state index contributed by atoms with van der Waals surface area (Å²) in [6, 6.07) is 18.3. The van der Waals surface area contributed by atoms with Crippen LogP contribution in [0.3, 0.4) is 0 Å². The number of ether oxygens (including phenoxy) is 1. The summed E-state index contributed by atoms with van der Waals surface area (Å²) in [6.45, 7) is 2.40. The van der Waals surface area contributed by atoms with Crippen molar-refractivity contribution in [3.05, 3.63) is 105 Å². The fourth-order valence-corrected chi connectivity index (χ4v) is 4.54. The predicted molar refractivity (Wildman–Crippen MR) is 146 cm³/mol. The normalized spacial score (nSPS) is 11.5. The van der Waals surface area contributed by atoms with Gasteiger partial charge in [0.05, 0.1) is 23.9 Å². The topological polar surface area (TPSA) is 75.6 Å². The number of benzene rings is 3. The zero-order valence-electron chi connectivity index (χ0n) is 20.1. The lowest BCUT2D eigenvalue weighted by molar-refractivity contribution is -0.137. The van der Waals surface area contributed by atoms with Gasteiger partial charge in [-0.3, -0.25) is 4.79 Å². The van der Waals surface area contributed by atoms with Crippen LogP contribution in [0.2, 0.25) is 0 Å². The van der Waals surface area contributed by atoms with Crippen molar-refractivity contribution in [3.8, 4) is 5.75 Å². The van der Waals surface area contributed by atoms with Gasteiger partial charge in [-0.2, -0.15) is 18.3 Å². The van der Waals surface area contributed by atoms with Gasteiger partial charge >= 0.3 is 6.18 Å². The molecule has 0 unspecified atom stereocenters. The molecule has 38 heavy (non-hydrogen) atoms. The highest BCUT2D eigenvalue weighted by atomic mass is 79.9. The lowest BCUT2D eigenvalue weighted by Gasteiger charge is -2.10. The largest absolute Gasteiger partial charge is 0.488 e. The molecule has 0 aliphatic rings. The summed E-state index contributed by atoms with van der Waals surface area (Å²) in [4.78, 5) is 16.6. The summed E-state index contributed by atoms with van der Waals surface area (Å²) in [7, 11) is 0. The van der Waals surface area contributed by atoms with E-state index in [1.165, 1.54) is 29.7 Å². The second-order valence-corrected chi connectivity index (χ2v) is 10.1. The van der Waals surface area contributed by atoms with E-state index in [-0.39, 0.29) is 12.1 Å². The van der Waals surface area contributed by atoms with Gasteiger partial charge in [-0.15, -0.1) is 11.3 Å². The Morgan fingerprint density at radius 3 is 2.74 bits per heavy atom. The number of carbonyl (C=O) groups is 1. The quantitative estimate of drug-likeness (QED) is 0.156. The number of amides is 1. The third-order valence-corrected chi connectivity index (χ3v) is 6.48. The molecular formula is C27H22BrF3N4O2S. The molecule has 4 rings (SSSR count). The van der Waals surface area contributed by atoms with Crippen LogP contribution in [0.1, 0.15) is 27.9 Å². The third-order valence-electron chi connectivity index (χ3n) is 5.18. The van der Waals surface area contributed by atoms with Crippen molar-refractivity contribution in [2.45, 2.75) is 26.1 Å². The van der Waals surface area contributed by atoms with Crippen LogP contribution in [0.4, 0.5) is 24.0 Å². The van der Waals surface area contributed by atoms with Gasteiger partial charge in [0.2, 0.25) is 5.91 Å². The molecule has 0 radical (unpaired) electrons. The Balaban J connectivity index is 1.33. The molecule has 0 bridgehead atoms. The standard InChI is InChI=1S/C27H22BrF3N4O2S/c1-17-4-2-5-18(10-17)15-37-24-9-8-21(28)11-19(24)14-32-35-25(36)13-23-16-38-26(34-23)33-22-7-3-6-20(12-22)27(29,30)31/h2-12,14,16H,13,15H2,1H3,(H,33,34)(H,35,36)/b32-14-. The lowest BCUT2D eigenvalue weighted by Crippen LogP contribution is -2.20. The van der Waals surface area contributed by atoms with Gasteiger partial charge in [0.1, 0.15) is 12.4 Å². The van der Waals surface area contributed by atoms with E-state index in [0.717, 1.165) is 27.7 Å². The first-order valence-electron chi connectivity index (χ1n) is 11.3. The number of thiazole rings is 1. The van der Waals surface area contributed by atoms with Gasteiger partial charge in [0.15, 0.2) is 5.13 Å². The molecule has 6 nitrogen and oxygen atoms in total. The van der Waals surface area contributed by atoms with Gasteiger partial charge in [-0.25, -0.2) is 10.4 Å². The predicted octanol–water partition coefficient (Wildman–Crippen LogP) is 7.25. The SMILES string of the molecule is Cc1cccc(COc2ccc(Br)cc2/C=N\NC(=O)Cc2csc(Nc3cccc(C(F)(F)F)c3)n2)c1. The first-order chi connectivity index (χ1) is 18.2. The molecular weight excluding hydrogens is 581 g/mol. The average molecular weight is 603 g/mol. The van der Waals surface area contributed by atoms with E-state index in [9.17, 15) is 18.0 Å². The van der Waals surface area contributed by atoms with Crippen LogP contribution in [0.5, 0.6) is 5.75 Å². The van der Waals surface area contributed by atoms with Gasteiger partial charge < -0.3 is 10.1 Å². The average Bonchev–Trinajstić information content (AvgIpc) is 3.29. The Hall–Kier alpha value is -3.70. The number of anilines is 2. The van der Waals surface area contributed by atoms with Gasteiger partial charge in [0.25, 0.3) is 0 Å². The van der Waals surface area contributed by atoms with E-state index < -0.39 is 17.6 Å². The van der Waals surface area contributed by atoms with Gasteiger partial charge in [0, 0.05) is 21.1 Å². The number of hydrogen-bond donors (Lipinski definition) is 2. The Kier molecular flexibility index (Phi) is 8.80. The Morgan fingerprint density at radius 2 is 1.95 bits per heavy atom. The minimum Gasteiger partial charge on any atom is -0.488 e. The van der Waals surface area contributed by atoms with E-state index in [1.54, 1.807) is 5.38 Å². The van der Waals surface area contributed by atoms with Crippen LogP contribution in [0.25, 0.3) is 0 Å². The first kappa shape index (κ1) is 27.3. The van der Waals surface area contributed by atoms with Crippen LogP contribution in [0, 0.1) is 6.92 Å². The molecule has 1 heterocycles. The monoisotopic (exact) mass is 602 g/mol. The molecule has 11 heteroatoms. The summed E-state index contributed by atoms with van der Waals surface area (Å²) in [5.41, 5.74) is 5.28. The minimum atomic E-state index is -4.44. The van der Waals surface area contributed by atoms with E-state index in [4.69, 9.17) is 4.74 Å². The molecule has 0 saturated heterocycles. The summed E-state index contributed by atoms with van der Waals surface area (Å²) in [5.74, 6) is 0.215. The van der Waals surface area contributed by atoms with Crippen molar-refractivity contribution in [3.63, 3.8) is 0 Å². The molecule has 0 spiro atoms. The Morgan fingerprint density at radius 1 is 1.13 bits per heavy atom. The second kappa shape index (κ2) is 12.2. The van der Waals surface area contributed by atoms with Crippen LogP contribution < -0.4 is 15.5 Å². The number of carbonyl (C=O) groups excluding carboxylic acids is 1. The fraction of sp³-hybridized carbons (Fsp3) is 0.148. The zero-order chi connectivity index (χ0) is 27.1. The van der Waals surface area contributed by atoms with Crippen LogP contribution in [-0.4, -0.2) is 17.1 Å². The van der Waals surface area contributed by atoms with Crippen LogP contribution >= 0.6 is 27.3 Å². The molecule has 3 aromatic carbocycles. The van der Waals surface area contributed by atoms with E-state index in [0.29, 0.717) is 28.7 Å². The number of rotatable bonds is 9. The van der Waals surface area contributed by atoms with Crippen LogP contribution in [0.15, 0.2) is 81.7 Å². The number of nitrogens with zero attached hydrogens (tertiary/aromatic N) is 2. The summed E-state index contributed by atoms with van der Waals surface area (Å²) in [5, 5.41) is 8.92. The molecule has 0 aliphatic heterocycles. The molecule has 0 atom stereocenters. The molecule has 196 valence electrons. The molecule has 1 amide bonds. The Labute approximate surface area is 229 Å². The maximum absolute atomic E-state index is 12.9. The second-order valence-electron chi connectivity index (χ2n) is 8.28. The van der Waals surface area contributed by atoms with Crippen molar-refractivity contribution in [1.29, 1.82) is 0 Å². The van der Waals surface area contributed by atoms with Crippen molar-refractivity contribution in [1.82, 2.24) is 10.4 Å². The molecule has 1 aromatic heterocycles. The van der Waals surface area contributed by atoms with E-state index >= 15 is 0 Å². The first-order valence-corrected chi connectivity index (χ1v) is 13.0. The van der Waals surface area contributed by atoms with E-state index in [1.807, 2.05) is 49.4 Å². The number of halogens is 4. The van der Waals surface area contributed by atoms with Crippen LogP contribution in [-0.2, 0) is 24.0 Å². The number of aromatic nitrogens is 1. The van der Waals surface area contributed by atoms with Crippen molar-refractivity contribution >= 4 is 50.2 Å². The van der Waals surface area contributed by atoms with Crippen molar-refractivity contribution in [2.24, 2.45) is 5.10 Å². The highest BCUT2D eigenvalue weighted by Gasteiger charge is 2.30. The zero-order valence-corrected chi connectivity index (χ0v) is 22.5. The molecule has 2 N–H and O–H groups in total. The number of hydrazone groups is 1.